The van der Waals surface area contributed by atoms with E-state index in [0.717, 1.165) is 43.0 Å². The maximum atomic E-state index is 14.2. The average Bonchev–Trinajstić information content (AvgIpc) is 3.77. The standard InChI is InChI=1S/C35H45FN4O7/c36-20-27(38-34(44)45)22-6-8-23(9-7-22)32(42)39-15-12-26(21-4-2-1-3-5-21)30(39)31(41)37-25-10-11-28-24(18-25)19-29-33(43)47-35(40(28)29)13-16-46-17-14-35/h10-11,18-19,21-23,26-27,30,38H,1-9,12-17,20H2,(H,37,41)(H,44,45)/t22?,23?,26-,27+,30-/m0/s1. The van der Waals surface area contributed by atoms with E-state index in [9.17, 15) is 23.6 Å². The summed E-state index contributed by atoms with van der Waals surface area (Å²) in [5.41, 5.74) is 1.24. The Morgan fingerprint density at radius 1 is 1.00 bits per heavy atom. The average molecular weight is 653 g/mol. The second-order valence-corrected chi connectivity index (χ2v) is 14.2. The Hall–Kier alpha value is -3.67. The highest BCUT2D eigenvalue weighted by Crippen LogP contribution is 2.44. The maximum Gasteiger partial charge on any atom is 0.404 e. The van der Waals surface area contributed by atoms with Crippen molar-refractivity contribution in [1.29, 1.82) is 0 Å². The molecule has 1 aromatic heterocycles. The number of fused-ring (bicyclic) bond motifs is 4. The summed E-state index contributed by atoms with van der Waals surface area (Å²) in [5.74, 6) is -0.512. The zero-order chi connectivity index (χ0) is 32.7. The van der Waals surface area contributed by atoms with Crippen LogP contribution in [-0.2, 0) is 24.8 Å². The topological polar surface area (TPSA) is 139 Å². The van der Waals surface area contributed by atoms with Crippen molar-refractivity contribution in [2.24, 2.45) is 23.7 Å². The van der Waals surface area contributed by atoms with Gasteiger partial charge in [-0.1, -0.05) is 32.1 Å². The fourth-order valence-corrected chi connectivity index (χ4v) is 9.28. The van der Waals surface area contributed by atoms with Crippen molar-refractivity contribution in [3.8, 4) is 0 Å². The molecule has 11 nitrogen and oxygen atoms in total. The Morgan fingerprint density at radius 3 is 2.45 bits per heavy atom. The number of likely N-dealkylation sites (tertiary alicyclic amines) is 1. The Labute approximate surface area is 273 Å². The first-order valence-corrected chi connectivity index (χ1v) is 17.4. The van der Waals surface area contributed by atoms with E-state index >= 15 is 0 Å². The van der Waals surface area contributed by atoms with E-state index in [1.807, 2.05) is 28.8 Å². The number of carbonyl (C=O) groups excluding carboxylic acids is 3. The molecule has 2 saturated heterocycles. The highest BCUT2D eigenvalue weighted by molar-refractivity contribution is 6.02. The molecule has 3 amide bonds. The molecule has 2 aliphatic carbocycles. The summed E-state index contributed by atoms with van der Waals surface area (Å²) in [6, 6.07) is 6.15. The van der Waals surface area contributed by atoms with Crippen LogP contribution in [0.5, 0.6) is 0 Å². The lowest BCUT2D eigenvalue weighted by molar-refractivity contribution is -0.142. The number of aromatic nitrogens is 1. The molecule has 254 valence electrons. The largest absolute Gasteiger partial charge is 0.465 e. The summed E-state index contributed by atoms with van der Waals surface area (Å²) in [5, 5.41) is 15.4. The van der Waals surface area contributed by atoms with Crippen LogP contribution in [0, 0.1) is 23.7 Å². The summed E-state index contributed by atoms with van der Waals surface area (Å²) in [6.07, 6.45) is 8.54. The molecule has 3 atom stereocenters. The number of rotatable bonds is 7. The maximum absolute atomic E-state index is 14.2. The van der Waals surface area contributed by atoms with E-state index in [2.05, 4.69) is 10.6 Å². The molecule has 47 heavy (non-hydrogen) atoms. The second-order valence-electron chi connectivity index (χ2n) is 14.2. The quantitative estimate of drug-likeness (QED) is 0.340. The Bertz CT molecular complexity index is 1520. The molecule has 12 heteroatoms. The van der Waals surface area contributed by atoms with Gasteiger partial charge in [-0.25, -0.2) is 14.0 Å². The van der Waals surface area contributed by atoms with Crippen molar-refractivity contribution < 1.29 is 38.1 Å². The zero-order valence-electron chi connectivity index (χ0n) is 26.8. The molecular weight excluding hydrogens is 607 g/mol. The van der Waals surface area contributed by atoms with Crippen molar-refractivity contribution in [1.82, 2.24) is 14.8 Å². The van der Waals surface area contributed by atoms with Crippen LogP contribution in [0.3, 0.4) is 0 Å². The number of hydrogen-bond acceptors (Lipinski definition) is 6. The fraction of sp³-hybridized carbons (Fsp3) is 0.657. The molecule has 3 N–H and O–H groups in total. The number of carboxylic acid groups (broad SMARTS) is 1. The molecule has 4 fully saturated rings. The number of benzene rings is 1. The molecule has 1 spiro atoms. The number of nitrogens with one attached hydrogen (secondary N) is 2. The predicted molar refractivity (Wildman–Crippen MR) is 171 cm³/mol. The number of nitrogens with zero attached hydrogens (tertiary/aromatic N) is 2. The van der Waals surface area contributed by atoms with Gasteiger partial charge in [-0.3, -0.25) is 14.2 Å². The van der Waals surface area contributed by atoms with Crippen molar-refractivity contribution in [3.05, 3.63) is 30.0 Å². The van der Waals surface area contributed by atoms with E-state index in [-0.39, 0.29) is 35.5 Å². The van der Waals surface area contributed by atoms with Gasteiger partial charge in [0.05, 0.1) is 24.8 Å². The van der Waals surface area contributed by atoms with E-state index in [0.29, 0.717) is 75.6 Å². The lowest BCUT2D eigenvalue weighted by Crippen LogP contribution is -2.50. The molecule has 5 aliphatic rings. The van der Waals surface area contributed by atoms with E-state index in [4.69, 9.17) is 14.6 Å². The van der Waals surface area contributed by atoms with E-state index in [1.54, 1.807) is 4.90 Å². The molecule has 7 rings (SSSR count). The van der Waals surface area contributed by atoms with Gasteiger partial charge in [-0.2, -0.15) is 0 Å². The molecule has 2 saturated carbocycles. The Balaban J connectivity index is 1.09. The summed E-state index contributed by atoms with van der Waals surface area (Å²) in [4.78, 5) is 54.0. The lowest BCUT2D eigenvalue weighted by atomic mass is 9.76. The van der Waals surface area contributed by atoms with Crippen molar-refractivity contribution in [3.63, 3.8) is 0 Å². The van der Waals surface area contributed by atoms with Gasteiger partial charge in [0.15, 0.2) is 5.72 Å². The Morgan fingerprint density at radius 2 is 1.74 bits per heavy atom. The van der Waals surface area contributed by atoms with Gasteiger partial charge in [0.25, 0.3) is 0 Å². The minimum atomic E-state index is -1.24. The lowest BCUT2D eigenvalue weighted by Gasteiger charge is -2.37. The SMILES string of the molecule is O=C(O)N[C@H](CF)C1CCC(C(=O)N2CC[C@@H](C3CCCCC3)[C@H]2C(=O)Nc2ccc3c(c2)cc2n3C3(CCOCC3)OC2=O)CC1. The van der Waals surface area contributed by atoms with Crippen LogP contribution in [0.4, 0.5) is 14.9 Å². The van der Waals surface area contributed by atoms with Gasteiger partial charge in [0, 0.05) is 36.4 Å². The first-order valence-electron chi connectivity index (χ1n) is 17.4. The van der Waals surface area contributed by atoms with Crippen LogP contribution in [0.2, 0.25) is 0 Å². The van der Waals surface area contributed by atoms with Crippen LogP contribution in [0.25, 0.3) is 10.9 Å². The van der Waals surface area contributed by atoms with Crippen molar-refractivity contribution in [2.45, 2.75) is 94.9 Å². The number of hydrogen-bond donors (Lipinski definition) is 3. The number of halogens is 1. The molecule has 1 aromatic carbocycles. The number of esters is 1. The van der Waals surface area contributed by atoms with Crippen LogP contribution < -0.4 is 10.6 Å². The van der Waals surface area contributed by atoms with E-state index in [1.165, 1.54) is 6.42 Å². The van der Waals surface area contributed by atoms with Gasteiger partial charge < -0.3 is 30.1 Å². The van der Waals surface area contributed by atoms with Crippen LogP contribution in [0.15, 0.2) is 24.3 Å². The van der Waals surface area contributed by atoms with Crippen LogP contribution >= 0.6 is 0 Å². The third kappa shape index (κ3) is 5.98. The molecule has 2 aromatic rings. The fourth-order valence-electron chi connectivity index (χ4n) is 9.28. The molecule has 0 unspecified atom stereocenters. The third-order valence-corrected chi connectivity index (χ3v) is 11.7. The summed E-state index contributed by atoms with van der Waals surface area (Å²) in [6.45, 7) is 0.789. The second kappa shape index (κ2) is 13.1. The number of ether oxygens (including phenoxy) is 2. The van der Waals surface area contributed by atoms with E-state index < -0.39 is 30.6 Å². The number of carbonyl (C=O) groups is 4. The normalized spacial score (nSPS) is 28.2. The van der Waals surface area contributed by atoms with Crippen molar-refractivity contribution >= 4 is 40.5 Å². The molecule has 4 heterocycles. The Kier molecular flexibility index (Phi) is 8.88. The molecule has 0 bridgehead atoms. The van der Waals surface area contributed by atoms with Gasteiger partial charge in [-0.05, 0) is 74.1 Å². The summed E-state index contributed by atoms with van der Waals surface area (Å²) >= 11 is 0. The first-order chi connectivity index (χ1) is 22.8. The van der Waals surface area contributed by atoms with Gasteiger partial charge >= 0.3 is 12.1 Å². The van der Waals surface area contributed by atoms with Crippen LogP contribution in [-0.4, -0.2) is 77.0 Å². The minimum absolute atomic E-state index is 0.0236. The number of alkyl halides is 1. The molecule has 3 aliphatic heterocycles. The van der Waals surface area contributed by atoms with Gasteiger partial charge in [-0.15, -0.1) is 0 Å². The van der Waals surface area contributed by atoms with Gasteiger partial charge in [0.1, 0.15) is 18.4 Å². The highest BCUT2D eigenvalue weighted by Gasteiger charge is 2.49. The summed E-state index contributed by atoms with van der Waals surface area (Å²) < 4.78 is 27.0. The smallest absolute Gasteiger partial charge is 0.404 e. The van der Waals surface area contributed by atoms with Crippen molar-refractivity contribution in [2.75, 3.05) is 31.7 Å². The third-order valence-electron chi connectivity index (χ3n) is 11.7. The van der Waals surface area contributed by atoms with Crippen LogP contribution in [0.1, 0.15) is 87.5 Å². The monoisotopic (exact) mass is 652 g/mol. The zero-order valence-corrected chi connectivity index (χ0v) is 26.8. The molecular formula is C35H45FN4O7. The number of amides is 3. The highest BCUT2D eigenvalue weighted by atomic mass is 19.1. The predicted octanol–water partition coefficient (Wildman–Crippen LogP) is 5.42. The van der Waals surface area contributed by atoms with Gasteiger partial charge in [0.2, 0.25) is 11.8 Å². The molecule has 0 radical (unpaired) electrons. The number of anilines is 1. The summed E-state index contributed by atoms with van der Waals surface area (Å²) in [7, 11) is 0. The first kappa shape index (κ1) is 31.9. The minimum Gasteiger partial charge on any atom is -0.465 e.